The molecule has 0 radical (unpaired) electrons. The Morgan fingerprint density at radius 2 is 1.97 bits per heavy atom. The van der Waals surface area contributed by atoms with Crippen LogP contribution in [0.1, 0.15) is 46.0 Å². The van der Waals surface area contributed by atoms with Crippen LogP contribution in [0.2, 0.25) is 4.34 Å². The van der Waals surface area contributed by atoms with Crippen LogP contribution in [0, 0.1) is 0 Å². The number of thiazole rings is 1. The number of thiophene rings is 1. The highest BCUT2D eigenvalue weighted by atomic mass is 35.5. The summed E-state index contributed by atoms with van der Waals surface area (Å²) in [6.45, 7) is 1.14. The van der Waals surface area contributed by atoms with Gasteiger partial charge in [-0.05, 0) is 23.8 Å². The van der Waals surface area contributed by atoms with Crippen molar-refractivity contribution in [3.63, 3.8) is 0 Å². The van der Waals surface area contributed by atoms with E-state index >= 15 is 0 Å². The lowest BCUT2D eigenvalue weighted by Gasteiger charge is -2.18. The van der Waals surface area contributed by atoms with Crippen LogP contribution in [0.25, 0.3) is 0 Å². The van der Waals surface area contributed by atoms with Crippen LogP contribution in [0.3, 0.4) is 0 Å². The van der Waals surface area contributed by atoms with Gasteiger partial charge in [-0.2, -0.15) is 0 Å². The molecule has 8 nitrogen and oxygen atoms in total. The molecule has 1 aliphatic heterocycles. The molecule has 0 fully saturated rings. The first-order chi connectivity index (χ1) is 15.8. The van der Waals surface area contributed by atoms with E-state index in [0.29, 0.717) is 50.7 Å². The molecule has 3 aromatic rings. The Hall–Kier alpha value is -2.79. The standard InChI is InChI=1S/C22H21ClN4O4S2/c1-27(2)22(30)13-5-3-4-12(10-24-19(28)15-6-7-17(23)32-15)18(13)26-20(29)21-25-14-8-9-31-11-16(14)33-21/h3-7H,8-11H2,1-2H3,(H,24,28)(H,26,29). The summed E-state index contributed by atoms with van der Waals surface area (Å²) in [5.41, 5.74) is 2.13. The van der Waals surface area contributed by atoms with Gasteiger partial charge in [0.15, 0.2) is 5.01 Å². The van der Waals surface area contributed by atoms with Crippen LogP contribution >= 0.6 is 34.3 Å². The van der Waals surface area contributed by atoms with Gasteiger partial charge in [0, 0.05) is 27.1 Å². The van der Waals surface area contributed by atoms with Gasteiger partial charge in [-0.1, -0.05) is 23.7 Å². The molecule has 33 heavy (non-hydrogen) atoms. The molecule has 1 aromatic carbocycles. The van der Waals surface area contributed by atoms with E-state index in [9.17, 15) is 14.4 Å². The van der Waals surface area contributed by atoms with Gasteiger partial charge in [0.05, 0.1) is 44.2 Å². The van der Waals surface area contributed by atoms with Crippen molar-refractivity contribution in [1.82, 2.24) is 15.2 Å². The predicted molar refractivity (Wildman–Crippen MR) is 128 cm³/mol. The van der Waals surface area contributed by atoms with Crippen LogP contribution in [0.15, 0.2) is 30.3 Å². The number of nitrogens with zero attached hydrogens (tertiary/aromatic N) is 2. The summed E-state index contributed by atoms with van der Waals surface area (Å²) in [4.78, 5) is 45.6. The maximum atomic E-state index is 13.1. The minimum atomic E-state index is -0.411. The lowest BCUT2D eigenvalue weighted by Crippen LogP contribution is -2.27. The van der Waals surface area contributed by atoms with Gasteiger partial charge in [0.1, 0.15) is 0 Å². The highest BCUT2D eigenvalue weighted by molar-refractivity contribution is 7.18. The van der Waals surface area contributed by atoms with E-state index in [1.807, 2.05) is 0 Å². The Balaban J connectivity index is 1.60. The molecule has 3 heterocycles. The van der Waals surface area contributed by atoms with Crippen LogP contribution in [0.4, 0.5) is 5.69 Å². The molecule has 1 aliphatic rings. The molecular formula is C22H21ClN4O4S2. The monoisotopic (exact) mass is 504 g/mol. The summed E-state index contributed by atoms with van der Waals surface area (Å²) in [5.74, 6) is -0.970. The second-order valence-electron chi connectivity index (χ2n) is 7.47. The Morgan fingerprint density at radius 1 is 1.15 bits per heavy atom. The molecule has 0 saturated carbocycles. The SMILES string of the molecule is CN(C)C(=O)c1cccc(CNC(=O)c2ccc(Cl)s2)c1NC(=O)c1nc2c(s1)COCC2. The minimum Gasteiger partial charge on any atom is -0.375 e. The van der Waals surface area contributed by atoms with Gasteiger partial charge >= 0.3 is 0 Å². The summed E-state index contributed by atoms with van der Waals surface area (Å²) in [6, 6.07) is 8.41. The maximum absolute atomic E-state index is 13.1. The molecule has 11 heteroatoms. The number of para-hydroxylation sites is 1. The Morgan fingerprint density at radius 3 is 2.67 bits per heavy atom. The van der Waals surface area contributed by atoms with E-state index in [1.54, 1.807) is 44.4 Å². The number of hydrogen-bond acceptors (Lipinski definition) is 7. The molecular weight excluding hydrogens is 484 g/mol. The Bertz CT molecular complexity index is 1200. The van der Waals surface area contributed by atoms with Crippen molar-refractivity contribution in [2.24, 2.45) is 0 Å². The number of nitrogens with one attached hydrogen (secondary N) is 2. The Kier molecular flexibility index (Phi) is 7.08. The third-order valence-electron chi connectivity index (χ3n) is 4.95. The third kappa shape index (κ3) is 5.25. The van der Waals surface area contributed by atoms with Crippen molar-refractivity contribution in [1.29, 1.82) is 0 Å². The summed E-state index contributed by atoms with van der Waals surface area (Å²) in [6.07, 6.45) is 0.666. The number of halogens is 1. The molecule has 0 aliphatic carbocycles. The van der Waals surface area contributed by atoms with Crippen molar-refractivity contribution in [2.75, 3.05) is 26.0 Å². The quantitative estimate of drug-likeness (QED) is 0.531. The normalized spacial score (nSPS) is 12.7. The molecule has 0 bridgehead atoms. The van der Waals surface area contributed by atoms with Gasteiger partial charge in [0.25, 0.3) is 17.7 Å². The summed E-state index contributed by atoms with van der Waals surface area (Å²) >= 11 is 8.38. The van der Waals surface area contributed by atoms with Crippen molar-refractivity contribution in [2.45, 2.75) is 19.6 Å². The second kappa shape index (κ2) is 10.0. The van der Waals surface area contributed by atoms with E-state index in [2.05, 4.69) is 15.6 Å². The molecule has 0 atom stereocenters. The zero-order valence-corrected chi connectivity index (χ0v) is 20.3. The average molecular weight is 505 g/mol. The van der Waals surface area contributed by atoms with Crippen molar-refractivity contribution < 1.29 is 19.1 Å². The average Bonchev–Trinajstić information content (AvgIpc) is 3.43. The largest absolute Gasteiger partial charge is 0.375 e. The molecule has 0 saturated heterocycles. The summed E-state index contributed by atoms with van der Waals surface area (Å²) in [7, 11) is 3.27. The van der Waals surface area contributed by atoms with Gasteiger partial charge < -0.3 is 20.3 Å². The first kappa shape index (κ1) is 23.4. The number of anilines is 1. The minimum absolute atomic E-state index is 0.112. The zero-order valence-electron chi connectivity index (χ0n) is 17.9. The topological polar surface area (TPSA) is 101 Å². The maximum Gasteiger partial charge on any atom is 0.284 e. The van der Waals surface area contributed by atoms with Crippen molar-refractivity contribution >= 4 is 57.7 Å². The molecule has 3 amide bonds. The number of amides is 3. The number of aromatic nitrogens is 1. The molecule has 172 valence electrons. The fraction of sp³-hybridized carbons (Fsp3) is 0.273. The molecule has 0 spiro atoms. The van der Waals surface area contributed by atoms with Crippen LogP contribution in [-0.4, -0.2) is 48.3 Å². The van der Waals surface area contributed by atoms with E-state index < -0.39 is 5.91 Å². The number of rotatable bonds is 6. The van der Waals surface area contributed by atoms with Gasteiger partial charge in [-0.25, -0.2) is 4.98 Å². The summed E-state index contributed by atoms with van der Waals surface area (Å²) < 4.78 is 5.95. The molecule has 2 aromatic heterocycles. The molecule has 4 rings (SSSR count). The summed E-state index contributed by atoms with van der Waals surface area (Å²) in [5, 5.41) is 5.99. The zero-order chi connectivity index (χ0) is 23.5. The second-order valence-corrected chi connectivity index (χ2v) is 10.3. The third-order valence-corrected chi connectivity index (χ3v) is 7.25. The first-order valence-electron chi connectivity index (χ1n) is 10.1. The van der Waals surface area contributed by atoms with Gasteiger partial charge in [-0.3, -0.25) is 14.4 Å². The van der Waals surface area contributed by atoms with Gasteiger partial charge in [-0.15, -0.1) is 22.7 Å². The smallest absolute Gasteiger partial charge is 0.284 e. The Labute approximate surface area is 203 Å². The first-order valence-corrected chi connectivity index (χ1v) is 12.1. The number of carbonyl (C=O) groups is 3. The highest BCUT2D eigenvalue weighted by Crippen LogP contribution is 2.27. The van der Waals surface area contributed by atoms with Crippen molar-refractivity contribution in [3.8, 4) is 0 Å². The molecule has 2 N–H and O–H groups in total. The van der Waals surface area contributed by atoms with Crippen LogP contribution < -0.4 is 10.6 Å². The van der Waals surface area contributed by atoms with Crippen molar-refractivity contribution in [3.05, 3.63) is 66.3 Å². The van der Waals surface area contributed by atoms with Gasteiger partial charge in [0.2, 0.25) is 0 Å². The van der Waals surface area contributed by atoms with Crippen LogP contribution in [-0.2, 0) is 24.3 Å². The number of carbonyl (C=O) groups excluding carboxylic acids is 3. The van der Waals surface area contributed by atoms with Crippen LogP contribution in [0.5, 0.6) is 0 Å². The lowest BCUT2D eigenvalue weighted by atomic mass is 10.1. The number of fused-ring (bicyclic) bond motifs is 1. The van der Waals surface area contributed by atoms with E-state index in [1.165, 1.54) is 27.6 Å². The number of ether oxygens (including phenoxy) is 1. The lowest BCUT2D eigenvalue weighted by molar-refractivity contribution is 0.0828. The van der Waals surface area contributed by atoms with E-state index in [0.717, 1.165) is 10.6 Å². The highest BCUT2D eigenvalue weighted by Gasteiger charge is 2.23. The fourth-order valence-electron chi connectivity index (χ4n) is 3.30. The molecule has 0 unspecified atom stereocenters. The number of hydrogen-bond donors (Lipinski definition) is 2. The van der Waals surface area contributed by atoms with E-state index in [-0.39, 0.29) is 18.4 Å². The predicted octanol–water partition coefficient (Wildman–Crippen LogP) is 3.81. The fourth-order valence-corrected chi connectivity index (χ4v) is 5.20. The number of benzene rings is 1. The van der Waals surface area contributed by atoms with E-state index in [4.69, 9.17) is 16.3 Å².